The van der Waals surface area contributed by atoms with Crippen LogP contribution in [0.2, 0.25) is 0 Å². The van der Waals surface area contributed by atoms with E-state index in [0.29, 0.717) is 18.5 Å². The molecule has 132 valence electrons. The maximum Gasteiger partial charge on any atom is 0.338 e. The molecule has 1 saturated heterocycles. The van der Waals surface area contributed by atoms with Crippen LogP contribution in [0.4, 0.5) is 0 Å². The van der Waals surface area contributed by atoms with Crippen LogP contribution in [-0.4, -0.2) is 55.9 Å². The second-order valence-corrected chi connectivity index (χ2v) is 8.34. The number of carbonyl (C=O) groups is 2. The largest absolute Gasteiger partial charge is 0.452 e. The minimum absolute atomic E-state index is 0.0162. The van der Waals surface area contributed by atoms with Crippen LogP contribution in [0.1, 0.15) is 34.8 Å². The number of carbonyl (C=O) groups excluding carboxylic acids is 2. The van der Waals surface area contributed by atoms with Crippen LogP contribution >= 0.6 is 0 Å². The first-order valence-electron chi connectivity index (χ1n) is 7.97. The van der Waals surface area contributed by atoms with Gasteiger partial charge in [-0.1, -0.05) is 6.07 Å². The lowest BCUT2D eigenvalue weighted by Gasteiger charge is -2.26. The molecule has 1 heterocycles. The van der Waals surface area contributed by atoms with Gasteiger partial charge in [-0.05, 0) is 50.5 Å². The Morgan fingerprint density at radius 2 is 1.96 bits per heavy atom. The van der Waals surface area contributed by atoms with Crippen molar-refractivity contribution >= 4 is 21.7 Å². The van der Waals surface area contributed by atoms with Crippen molar-refractivity contribution in [3.8, 4) is 0 Å². The number of esters is 1. The fourth-order valence-corrected chi connectivity index (χ4v) is 4.55. The fourth-order valence-electron chi connectivity index (χ4n) is 2.82. The molecule has 0 N–H and O–H groups in total. The smallest absolute Gasteiger partial charge is 0.338 e. The van der Waals surface area contributed by atoms with Gasteiger partial charge in [-0.15, -0.1) is 0 Å². The Bertz CT molecular complexity index is 741. The van der Waals surface area contributed by atoms with E-state index in [1.807, 2.05) is 19.9 Å². The summed E-state index contributed by atoms with van der Waals surface area (Å²) in [6.07, 6.45) is 0.438. The molecule has 24 heavy (non-hydrogen) atoms. The third kappa shape index (κ3) is 4.35. The quantitative estimate of drug-likeness (QED) is 0.749. The van der Waals surface area contributed by atoms with Crippen molar-refractivity contribution in [3.05, 3.63) is 34.9 Å². The zero-order valence-electron chi connectivity index (χ0n) is 14.2. The van der Waals surface area contributed by atoms with Crippen molar-refractivity contribution in [2.24, 2.45) is 0 Å². The van der Waals surface area contributed by atoms with Gasteiger partial charge in [0, 0.05) is 12.6 Å². The molecule has 6 nitrogen and oxygen atoms in total. The number of ether oxygens (including phenoxy) is 1. The first-order valence-corrected chi connectivity index (χ1v) is 9.80. The SMILES string of the molecule is CCN(C(=O)COC(=O)c1ccc(C)c(C)c1)[C@H]1CCS(=O)(=O)C1. The number of sulfone groups is 1. The van der Waals surface area contributed by atoms with Crippen LogP contribution in [-0.2, 0) is 19.4 Å². The summed E-state index contributed by atoms with van der Waals surface area (Å²) in [5.41, 5.74) is 2.45. The van der Waals surface area contributed by atoms with E-state index in [1.165, 1.54) is 4.90 Å². The molecule has 0 radical (unpaired) electrons. The zero-order chi connectivity index (χ0) is 17.9. The predicted molar refractivity (Wildman–Crippen MR) is 90.6 cm³/mol. The maximum atomic E-state index is 12.3. The molecule has 1 aromatic rings. The lowest BCUT2D eigenvalue weighted by molar-refractivity contribution is -0.136. The second kappa shape index (κ2) is 7.34. The van der Waals surface area contributed by atoms with Crippen LogP contribution < -0.4 is 0 Å². The fraction of sp³-hybridized carbons (Fsp3) is 0.529. The highest BCUT2D eigenvalue weighted by Crippen LogP contribution is 2.18. The first kappa shape index (κ1) is 18.4. The van der Waals surface area contributed by atoms with Crippen molar-refractivity contribution in [2.45, 2.75) is 33.2 Å². The highest BCUT2D eigenvalue weighted by atomic mass is 32.2. The van der Waals surface area contributed by atoms with Gasteiger partial charge in [0.1, 0.15) is 0 Å². The van der Waals surface area contributed by atoms with Crippen molar-refractivity contribution in [1.82, 2.24) is 4.90 Å². The number of hydrogen-bond acceptors (Lipinski definition) is 5. The number of amides is 1. The number of hydrogen-bond donors (Lipinski definition) is 0. The molecule has 2 rings (SSSR count). The molecule has 0 aliphatic carbocycles. The minimum atomic E-state index is -3.07. The van der Waals surface area contributed by atoms with E-state index in [2.05, 4.69) is 0 Å². The summed E-state index contributed by atoms with van der Waals surface area (Å²) in [7, 11) is -3.07. The van der Waals surface area contributed by atoms with E-state index in [1.54, 1.807) is 19.1 Å². The van der Waals surface area contributed by atoms with Crippen molar-refractivity contribution in [3.63, 3.8) is 0 Å². The molecule has 1 aromatic carbocycles. The molecule has 0 saturated carbocycles. The van der Waals surface area contributed by atoms with Crippen LogP contribution in [0.15, 0.2) is 18.2 Å². The average Bonchev–Trinajstić information content (AvgIpc) is 2.88. The van der Waals surface area contributed by atoms with Gasteiger partial charge >= 0.3 is 5.97 Å². The van der Waals surface area contributed by atoms with Crippen LogP contribution in [0, 0.1) is 13.8 Å². The van der Waals surface area contributed by atoms with Crippen molar-refractivity contribution in [1.29, 1.82) is 0 Å². The van der Waals surface area contributed by atoms with Gasteiger partial charge in [-0.3, -0.25) is 4.79 Å². The van der Waals surface area contributed by atoms with Gasteiger partial charge in [-0.2, -0.15) is 0 Å². The Balaban J connectivity index is 1.95. The van der Waals surface area contributed by atoms with Crippen LogP contribution in [0.5, 0.6) is 0 Å². The summed E-state index contributed by atoms with van der Waals surface area (Å²) in [5.74, 6) is -0.833. The normalized spacial score (nSPS) is 19.0. The Kier molecular flexibility index (Phi) is 5.64. The van der Waals surface area contributed by atoms with E-state index in [4.69, 9.17) is 4.74 Å². The minimum Gasteiger partial charge on any atom is -0.452 e. The van der Waals surface area contributed by atoms with Crippen LogP contribution in [0.3, 0.4) is 0 Å². The third-order valence-corrected chi connectivity index (χ3v) is 6.13. The Morgan fingerprint density at radius 3 is 2.50 bits per heavy atom. The Labute approximate surface area is 142 Å². The van der Waals surface area contributed by atoms with Gasteiger partial charge in [0.25, 0.3) is 5.91 Å². The molecule has 1 aliphatic rings. The summed E-state index contributed by atoms with van der Waals surface area (Å²) < 4.78 is 28.2. The zero-order valence-corrected chi connectivity index (χ0v) is 15.1. The summed E-state index contributed by atoms with van der Waals surface area (Å²) in [6, 6.07) is 4.89. The van der Waals surface area contributed by atoms with Crippen molar-refractivity contribution < 1.29 is 22.7 Å². The summed E-state index contributed by atoms with van der Waals surface area (Å²) in [5, 5.41) is 0. The molecular weight excluding hydrogens is 330 g/mol. The topological polar surface area (TPSA) is 80.8 Å². The lowest BCUT2D eigenvalue weighted by atomic mass is 10.1. The number of likely N-dealkylation sites (N-methyl/N-ethyl adjacent to an activating group) is 1. The van der Waals surface area contributed by atoms with E-state index in [9.17, 15) is 18.0 Å². The number of rotatable bonds is 5. The average molecular weight is 353 g/mol. The van der Waals surface area contributed by atoms with Gasteiger partial charge in [0.2, 0.25) is 0 Å². The number of nitrogens with zero attached hydrogens (tertiary/aromatic N) is 1. The highest BCUT2D eigenvalue weighted by Gasteiger charge is 2.34. The number of benzene rings is 1. The molecule has 0 spiro atoms. The number of aryl methyl sites for hydroxylation is 2. The van der Waals surface area contributed by atoms with Gasteiger partial charge in [-0.25, -0.2) is 13.2 Å². The van der Waals surface area contributed by atoms with Crippen LogP contribution in [0.25, 0.3) is 0 Å². The molecular formula is C17H23NO5S. The second-order valence-electron chi connectivity index (χ2n) is 6.11. The molecule has 1 fully saturated rings. The first-order chi connectivity index (χ1) is 11.2. The predicted octanol–water partition coefficient (Wildman–Crippen LogP) is 1.50. The molecule has 0 unspecified atom stereocenters. The molecule has 1 atom stereocenters. The molecule has 1 amide bonds. The third-order valence-electron chi connectivity index (χ3n) is 4.38. The lowest BCUT2D eigenvalue weighted by Crippen LogP contribution is -2.43. The molecule has 7 heteroatoms. The van der Waals surface area contributed by atoms with Crippen molar-refractivity contribution in [2.75, 3.05) is 24.7 Å². The summed E-state index contributed by atoms with van der Waals surface area (Å²) >= 11 is 0. The van der Waals surface area contributed by atoms with E-state index >= 15 is 0 Å². The van der Waals surface area contributed by atoms with Gasteiger partial charge in [0.05, 0.1) is 17.1 Å². The van der Waals surface area contributed by atoms with E-state index in [-0.39, 0.29) is 30.1 Å². The van der Waals surface area contributed by atoms with E-state index in [0.717, 1.165) is 11.1 Å². The molecule has 0 bridgehead atoms. The van der Waals surface area contributed by atoms with E-state index < -0.39 is 15.8 Å². The summed E-state index contributed by atoms with van der Waals surface area (Å²) in [6.45, 7) is 5.64. The molecule has 0 aromatic heterocycles. The van der Waals surface area contributed by atoms with Gasteiger partial charge in [0.15, 0.2) is 16.4 Å². The maximum absolute atomic E-state index is 12.3. The van der Waals surface area contributed by atoms with Gasteiger partial charge < -0.3 is 9.64 Å². The monoisotopic (exact) mass is 353 g/mol. The highest BCUT2D eigenvalue weighted by molar-refractivity contribution is 7.91. The Morgan fingerprint density at radius 1 is 1.25 bits per heavy atom. The standard InChI is InChI=1S/C17H23NO5S/c1-4-18(15-7-8-24(21,22)11-15)16(19)10-23-17(20)14-6-5-12(2)13(3)9-14/h5-6,9,15H,4,7-8,10-11H2,1-3H3/t15-/m0/s1. The Hall–Kier alpha value is -1.89. The molecule has 1 aliphatic heterocycles. The summed E-state index contributed by atoms with van der Waals surface area (Å²) in [4.78, 5) is 25.8.